The van der Waals surface area contributed by atoms with Crippen LogP contribution < -0.4 is 10.6 Å². The molecule has 0 saturated carbocycles. The molecule has 134 valence electrons. The molecule has 6 nitrogen and oxygen atoms in total. The molecule has 1 aromatic carbocycles. The number of aryl methyl sites for hydroxylation is 1. The highest BCUT2D eigenvalue weighted by atomic mass is 16.2. The third kappa shape index (κ3) is 3.01. The third-order valence-corrected chi connectivity index (χ3v) is 5.08. The van der Waals surface area contributed by atoms with E-state index in [0.29, 0.717) is 6.42 Å². The number of urea groups is 1. The van der Waals surface area contributed by atoms with Crippen molar-refractivity contribution >= 4 is 17.8 Å². The molecule has 1 unspecified atom stereocenters. The second-order valence-corrected chi connectivity index (χ2v) is 7.57. The van der Waals surface area contributed by atoms with E-state index >= 15 is 0 Å². The van der Waals surface area contributed by atoms with Gasteiger partial charge in [-0.1, -0.05) is 37.6 Å². The Balaban J connectivity index is 1.76. The summed E-state index contributed by atoms with van der Waals surface area (Å²) in [6.07, 6.45) is 3.05. The Morgan fingerprint density at radius 2 is 2.04 bits per heavy atom. The fourth-order valence-electron chi connectivity index (χ4n) is 3.98. The molecule has 0 bridgehead atoms. The van der Waals surface area contributed by atoms with Gasteiger partial charge in [0.25, 0.3) is 5.91 Å². The maximum atomic E-state index is 13.0. The maximum absolute atomic E-state index is 13.0. The van der Waals surface area contributed by atoms with Crippen molar-refractivity contribution in [2.24, 2.45) is 0 Å². The van der Waals surface area contributed by atoms with E-state index < -0.39 is 11.6 Å². The second-order valence-electron chi connectivity index (χ2n) is 7.57. The number of rotatable bonds is 5. The molecule has 0 radical (unpaired) electrons. The minimum Gasteiger partial charge on any atom is -0.350 e. The molecule has 1 aliphatic carbocycles. The Labute approximate surface area is 148 Å². The van der Waals surface area contributed by atoms with Gasteiger partial charge in [0.05, 0.1) is 0 Å². The predicted octanol–water partition coefficient (Wildman–Crippen LogP) is 2.07. The van der Waals surface area contributed by atoms with Crippen molar-refractivity contribution in [2.75, 3.05) is 6.54 Å². The average molecular weight is 343 g/mol. The third-order valence-electron chi connectivity index (χ3n) is 5.08. The highest BCUT2D eigenvalue weighted by Crippen LogP contribution is 2.41. The molecule has 1 aliphatic heterocycles. The summed E-state index contributed by atoms with van der Waals surface area (Å²) >= 11 is 0. The first kappa shape index (κ1) is 17.5. The summed E-state index contributed by atoms with van der Waals surface area (Å²) in [5.41, 5.74) is 0.560. The molecule has 25 heavy (non-hydrogen) atoms. The van der Waals surface area contributed by atoms with Crippen molar-refractivity contribution in [1.29, 1.82) is 0 Å². The zero-order valence-corrected chi connectivity index (χ0v) is 15.0. The van der Waals surface area contributed by atoms with Gasteiger partial charge in [-0.15, -0.1) is 0 Å². The average Bonchev–Trinajstić information content (AvgIpc) is 3.01. The van der Waals surface area contributed by atoms with Gasteiger partial charge in [-0.25, -0.2) is 4.79 Å². The van der Waals surface area contributed by atoms with Crippen LogP contribution in [0, 0.1) is 0 Å². The van der Waals surface area contributed by atoms with Crippen LogP contribution in [0.5, 0.6) is 0 Å². The molecule has 1 atom stereocenters. The Morgan fingerprint density at radius 1 is 1.32 bits per heavy atom. The summed E-state index contributed by atoms with van der Waals surface area (Å²) in [4.78, 5) is 38.8. The summed E-state index contributed by atoms with van der Waals surface area (Å²) in [5, 5.41) is 5.75. The van der Waals surface area contributed by atoms with Crippen molar-refractivity contribution in [3.05, 3.63) is 35.4 Å². The van der Waals surface area contributed by atoms with Crippen molar-refractivity contribution in [3.63, 3.8) is 0 Å². The molecule has 0 aromatic heterocycles. The number of fused-ring (bicyclic) bond motifs is 2. The van der Waals surface area contributed by atoms with Crippen LogP contribution in [0.15, 0.2) is 24.3 Å². The second kappa shape index (κ2) is 6.17. The number of nitrogens with zero attached hydrogens (tertiary/aromatic N) is 1. The number of carbonyl (C=O) groups is 3. The molecule has 2 N–H and O–H groups in total. The number of hydrogen-bond donors (Lipinski definition) is 2. The molecule has 4 amide bonds. The van der Waals surface area contributed by atoms with E-state index in [1.807, 2.05) is 45.0 Å². The Morgan fingerprint density at radius 3 is 2.76 bits per heavy atom. The zero-order chi connectivity index (χ0) is 18.2. The van der Waals surface area contributed by atoms with Crippen LogP contribution in [-0.2, 0) is 21.5 Å². The van der Waals surface area contributed by atoms with E-state index in [9.17, 15) is 14.4 Å². The molecule has 1 fully saturated rings. The number of nitrogens with one attached hydrogen (secondary N) is 2. The summed E-state index contributed by atoms with van der Waals surface area (Å²) in [6, 6.07) is 7.17. The Kier molecular flexibility index (Phi) is 4.31. The van der Waals surface area contributed by atoms with Crippen molar-refractivity contribution < 1.29 is 14.4 Å². The van der Waals surface area contributed by atoms with E-state index in [1.54, 1.807) is 0 Å². The topological polar surface area (TPSA) is 78.5 Å². The smallest absolute Gasteiger partial charge is 0.325 e. The van der Waals surface area contributed by atoms with Crippen molar-refractivity contribution in [2.45, 2.75) is 57.5 Å². The molecular formula is C19H25N3O3. The van der Waals surface area contributed by atoms with Crippen LogP contribution in [0.25, 0.3) is 0 Å². The van der Waals surface area contributed by atoms with Crippen molar-refractivity contribution in [3.8, 4) is 0 Å². The van der Waals surface area contributed by atoms with E-state index in [1.165, 1.54) is 0 Å². The van der Waals surface area contributed by atoms with Gasteiger partial charge in [0.15, 0.2) is 0 Å². The highest BCUT2D eigenvalue weighted by Gasteiger charge is 2.55. The minimum absolute atomic E-state index is 0.248. The van der Waals surface area contributed by atoms with Gasteiger partial charge < -0.3 is 10.6 Å². The Hall–Kier alpha value is -2.37. The minimum atomic E-state index is -1.01. The van der Waals surface area contributed by atoms with E-state index in [0.717, 1.165) is 35.3 Å². The first-order chi connectivity index (χ1) is 11.8. The fourth-order valence-corrected chi connectivity index (χ4v) is 3.98. The quantitative estimate of drug-likeness (QED) is 0.804. The number of imide groups is 1. The first-order valence-electron chi connectivity index (χ1n) is 8.82. The van der Waals surface area contributed by atoms with Crippen LogP contribution in [0.1, 0.15) is 51.2 Å². The van der Waals surface area contributed by atoms with Gasteiger partial charge in [-0.3, -0.25) is 14.5 Å². The highest BCUT2D eigenvalue weighted by molar-refractivity contribution is 6.09. The fraction of sp³-hybridized carbons (Fsp3) is 0.526. The van der Waals surface area contributed by atoms with Crippen LogP contribution in [-0.4, -0.2) is 34.8 Å². The van der Waals surface area contributed by atoms with Gasteiger partial charge in [0.1, 0.15) is 12.1 Å². The molecule has 1 saturated heterocycles. The van der Waals surface area contributed by atoms with Crippen LogP contribution in [0.3, 0.4) is 0 Å². The van der Waals surface area contributed by atoms with Gasteiger partial charge >= 0.3 is 6.03 Å². The molecule has 1 heterocycles. The first-order valence-corrected chi connectivity index (χ1v) is 8.82. The standard InChI is InChI=1S/C19H25N3O3/c1-4-10-18(2,3)20-15(23)12-22-16(24)19(21-17(22)25)11-9-13-7-5-6-8-14(13)19/h5-8H,4,9-12H2,1-3H3,(H,20,23)(H,21,25). The largest absolute Gasteiger partial charge is 0.350 e. The molecule has 1 aromatic rings. The lowest BCUT2D eigenvalue weighted by atomic mass is 9.92. The number of hydrogen-bond acceptors (Lipinski definition) is 3. The van der Waals surface area contributed by atoms with Crippen LogP contribution in [0.2, 0.25) is 0 Å². The monoisotopic (exact) mass is 343 g/mol. The lowest BCUT2D eigenvalue weighted by Gasteiger charge is -2.27. The number of benzene rings is 1. The van der Waals surface area contributed by atoms with Gasteiger partial charge in [0.2, 0.25) is 5.91 Å². The summed E-state index contributed by atoms with van der Waals surface area (Å²) in [6.45, 7) is 5.68. The van der Waals surface area contributed by atoms with E-state index in [4.69, 9.17) is 0 Å². The molecule has 2 aliphatic rings. The summed E-state index contributed by atoms with van der Waals surface area (Å²) in [7, 11) is 0. The molecule has 6 heteroatoms. The van der Waals surface area contributed by atoms with Crippen LogP contribution >= 0.6 is 0 Å². The maximum Gasteiger partial charge on any atom is 0.325 e. The van der Waals surface area contributed by atoms with Crippen molar-refractivity contribution in [1.82, 2.24) is 15.5 Å². The van der Waals surface area contributed by atoms with E-state index in [2.05, 4.69) is 10.6 Å². The molecule has 3 rings (SSSR count). The Bertz CT molecular complexity index is 728. The van der Waals surface area contributed by atoms with Gasteiger partial charge in [-0.2, -0.15) is 0 Å². The van der Waals surface area contributed by atoms with Gasteiger partial charge in [-0.05, 0) is 44.2 Å². The van der Waals surface area contributed by atoms with Gasteiger partial charge in [0, 0.05) is 5.54 Å². The number of carbonyl (C=O) groups excluding carboxylic acids is 3. The number of amides is 4. The summed E-state index contributed by atoms with van der Waals surface area (Å²) in [5.74, 6) is -0.642. The summed E-state index contributed by atoms with van der Waals surface area (Å²) < 4.78 is 0. The molecular weight excluding hydrogens is 318 g/mol. The predicted molar refractivity (Wildman–Crippen MR) is 93.8 cm³/mol. The lowest BCUT2D eigenvalue weighted by molar-refractivity contribution is -0.135. The molecule has 1 spiro atoms. The van der Waals surface area contributed by atoms with Crippen LogP contribution in [0.4, 0.5) is 4.79 Å². The normalized spacial score (nSPS) is 22.3. The zero-order valence-electron chi connectivity index (χ0n) is 15.0. The SMILES string of the molecule is CCCC(C)(C)NC(=O)CN1C(=O)NC2(CCc3ccccc32)C1=O. The lowest BCUT2D eigenvalue weighted by Crippen LogP contribution is -2.49. The van der Waals surface area contributed by atoms with E-state index in [-0.39, 0.29) is 23.9 Å².